The lowest BCUT2D eigenvalue weighted by atomic mass is 9.92. The minimum atomic E-state index is -1.61. The first kappa shape index (κ1) is 105. The minimum absolute atomic E-state index is 0.0147. The number of aliphatic hydroxyl groups is 4. The van der Waals surface area contributed by atoms with Crippen LogP contribution in [0.1, 0.15) is 192 Å². The first-order chi connectivity index (χ1) is 47.1. The summed E-state index contributed by atoms with van der Waals surface area (Å²) in [5, 5.41) is 45.1. The van der Waals surface area contributed by atoms with E-state index in [1.165, 1.54) is 13.8 Å². The SMILES string of the molecule is CC(=O)NC1C(O)CC(OC=O)(OC(C)C)OC1C.CC(=O)NC1C(O)CC(OC=O)(OC(C)C)OC1C.CC(C)OC1(OC=O)CC(O)C(C)C(C)O1.CC(C)OC1(OC=O)CC(O)C(C)C(C)O1.CSCC(C)C(C)=O.CSCC(C)C(C)=O.CSCC(C)C(C)=O.CSCC(C)C(C)=O. The number of aliphatic hydroxyl groups excluding tert-OH is 4. The maximum Gasteiger partial charge on any atom is 0.332 e. The molecule has 4 aliphatic rings. The van der Waals surface area contributed by atoms with Crippen LogP contribution in [0.15, 0.2) is 0 Å². The van der Waals surface area contributed by atoms with Crippen molar-refractivity contribution in [2.75, 3.05) is 48.0 Å². The second-order valence-corrected chi connectivity index (χ2v) is 30.3. The molecular formula is C70H130N2O26S4. The van der Waals surface area contributed by atoms with Gasteiger partial charge in [0.1, 0.15) is 23.1 Å². The monoisotopic (exact) mass is 1540 g/mol. The lowest BCUT2D eigenvalue weighted by Crippen LogP contribution is -2.61. The van der Waals surface area contributed by atoms with Crippen LogP contribution in [0.3, 0.4) is 0 Å². The molecule has 2 amide bonds. The van der Waals surface area contributed by atoms with Gasteiger partial charge < -0.3 is 87.9 Å². The molecule has 102 heavy (non-hydrogen) atoms. The summed E-state index contributed by atoms with van der Waals surface area (Å²) in [6, 6.07) is -1.15. The van der Waals surface area contributed by atoms with Gasteiger partial charge in [-0.25, -0.2) is 0 Å². The van der Waals surface area contributed by atoms with Crippen molar-refractivity contribution in [2.24, 2.45) is 35.5 Å². The van der Waals surface area contributed by atoms with Gasteiger partial charge in [0.25, 0.3) is 25.9 Å². The highest BCUT2D eigenvalue weighted by Crippen LogP contribution is 2.38. The normalized spacial score (nSPS) is 29.7. The Kier molecular flexibility index (Phi) is 56.4. The van der Waals surface area contributed by atoms with Crippen molar-refractivity contribution >= 4 is 108 Å². The van der Waals surface area contributed by atoms with Crippen LogP contribution in [0, 0.1) is 35.5 Å². The van der Waals surface area contributed by atoms with Gasteiger partial charge in [0.15, 0.2) is 0 Å². The van der Waals surface area contributed by atoms with E-state index < -0.39 is 72.6 Å². The fraction of sp³-hybridized carbons (Fsp3) is 0.857. The van der Waals surface area contributed by atoms with Crippen LogP contribution in [0.2, 0.25) is 0 Å². The number of hydrogen-bond acceptors (Lipinski definition) is 30. The second-order valence-electron chi connectivity index (χ2n) is 26.7. The molecule has 32 heteroatoms. The van der Waals surface area contributed by atoms with Crippen LogP contribution >= 0.6 is 47.0 Å². The van der Waals surface area contributed by atoms with Gasteiger partial charge in [0.2, 0.25) is 11.8 Å². The number of amides is 2. The Labute approximate surface area is 625 Å². The Balaban J connectivity index is -0.000000553. The summed E-state index contributed by atoms with van der Waals surface area (Å²) in [6.07, 6.45) is 2.67. The molecule has 28 nitrogen and oxygen atoms in total. The molecule has 20 atom stereocenters. The Bertz CT molecular complexity index is 2130. The zero-order valence-corrected chi connectivity index (χ0v) is 69.2. The average molecular weight is 1540 g/mol. The first-order valence-corrected chi connectivity index (χ1v) is 39.8. The van der Waals surface area contributed by atoms with Crippen LogP contribution in [0.25, 0.3) is 0 Å². The zero-order chi connectivity index (χ0) is 80.2. The van der Waals surface area contributed by atoms with E-state index in [-0.39, 0.29) is 136 Å². The number of hydrogen-bond donors (Lipinski definition) is 6. The van der Waals surface area contributed by atoms with Gasteiger partial charge >= 0.3 is 23.9 Å². The fourth-order valence-corrected chi connectivity index (χ4v) is 12.3. The third kappa shape index (κ3) is 44.5. The number of thioether (sulfide) groups is 4. The van der Waals surface area contributed by atoms with E-state index in [9.17, 15) is 68.4 Å². The van der Waals surface area contributed by atoms with Crippen LogP contribution in [-0.4, -0.2) is 239 Å². The first-order valence-electron chi connectivity index (χ1n) is 34.2. The Morgan fingerprint density at radius 1 is 0.373 bits per heavy atom. The number of ether oxygens (including phenoxy) is 12. The van der Waals surface area contributed by atoms with Crippen molar-refractivity contribution in [3.63, 3.8) is 0 Å². The van der Waals surface area contributed by atoms with Gasteiger partial charge in [-0.05, 0) is 136 Å². The number of carbonyl (C=O) groups is 10. The summed E-state index contributed by atoms with van der Waals surface area (Å²) in [6.45, 7) is 43.1. The van der Waals surface area contributed by atoms with Crippen molar-refractivity contribution in [2.45, 2.75) is 301 Å². The van der Waals surface area contributed by atoms with Gasteiger partial charge in [-0.15, -0.1) is 0 Å². The van der Waals surface area contributed by atoms with Crippen molar-refractivity contribution in [3.8, 4) is 0 Å². The molecule has 20 unspecified atom stereocenters. The minimum Gasteiger partial charge on any atom is -0.410 e. The van der Waals surface area contributed by atoms with Crippen molar-refractivity contribution in [3.05, 3.63) is 0 Å². The molecular weight excluding hydrogens is 1410 g/mol. The van der Waals surface area contributed by atoms with E-state index >= 15 is 0 Å². The molecule has 0 saturated carbocycles. The largest absolute Gasteiger partial charge is 0.410 e. The van der Waals surface area contributed by atoms with Gasteiger partial charge in [-0.1, -0.05) is 41.5 Å². The lowest BCUT2D eigenvalue weighted by Gasteiger charge is -2.44. The predicted molar refractivity (Wildman–Crippen MR) is 396 cm³/mol. The van der Waals surface area contributed by atoms with Crippen LogP contribution < -0.4 is 10.6 Å². The molecule has 0 aromatic heterocycles. The maximum absolute atomic E-state index is 11.1. The van der Waals surface area contributed by atoms with E-state index in [4.69, 9.17) is 56.8 Å². The molecule has 4 saturated heterocycles. The maximum atomic E-state index is 11.1. The van der Waals surface area contributed by atoms with Crippen molar-refractivity contribution in [1.82, 2.24) is 10.6 Å². The summed E-state index contributed by atoms with van der Waals surface area (Å²) in [7, 11) is 0. The standard InChI is InChI=1S/2C12H21NO6.2C11H20O5.4C6H12OS/c2*1-7(2)18-12(17-6-14)5-10(16)11(8(3)19-12)13-9(4)15;2*1-7(2)15-11(14-6-12)5-10(13)8(3)9(4)16-11;4*1-5(4-8-3)6(2)7/h2*6-8,10-11,16H,5H2,1-4H3,(H,13,15);2*6-10,13H,5H2,1-4H3;4*5H,4H2,1-3H3. The summed E-state index contributed by atoms with van der Waals surface area (Å²) in [5.74, 6) is -0.729. The third-order valence-electron chi connectivity index (χ3n) is 15.6. The Morgan fingerprint density at radius 3 is 0.686 bits per heavy atom. The summed E-state index contributed by atoms with van der Waals surface area (Å²) in [4.78, 5) is 106. The van der Waals surface area contributed by atoms with Crippen LogP contribution in [0.4, 0.5) is 0 Å². The summed E-state index contributed by atoms with van der Waals surface area (Å²) < 4.78 is 63.7. The molecule has 4 rings (SSSR count). The number of Topliss-reactive ketones (excluding diaryl/α,β-unsaturated/α-hetero) is 4. The molecule has 4 heterocycles. The number of carbonyl (C=O) groups excluding carboxylic acids is 10. The smallest absolute Gasteiger partial charge is 0.332 e. The highest BCUT2D eigenvalue weighted by atomic mass is 32.2. The van der Waals surface area contributed by atoms with Crippen molar-refractivity contribution in [1.29, 1.82) is 0 Å². The molecule has 0 aromatic rings. The molecule has 0 aromatic carbocycles. The molecule has 4 aliphatic heterocycles. The van der Waals surface area contributed by atoms with Crippen LogP contribution in [-0.2, 0) is 105 Å². The molecule has 0 radical (unpaired) electrons. The van der Waals surface area contributed by atoms with Crippen LogP contribution in [0.5, 0.6) is 0 Å². The van der Waals surface area contributed by atoms with E-state index in [0.29, 0.717) is 23.1 Å². The third-order valence-corrected chi connectivity index (χ3v) is 18.9. The Hall–Kier alpha value is -3.58. The highest BCUT2D eigenvalue weighted by Gasteiger charge is 2.52. The predicted octanol–water partition coefficient (Wildman–Crippen LogP) is 8.21. The molecule has 0 aliphatic carbocycles. The van der Waals surface area contributed by atoms with E-state index in [0.717, 1.165) is 23.0 Å². The van der Waals surface area contributed by atoms with E-state index in [1.807, 2.05) is 108 Å². The summed E-state index contributed by atoms with van der Waals surface area (Å²) >= 11 is 6.87. The van der Waals surface area contributed by atoms with E-state index in [1.54, 1.807) is 116 Å². The average Bonchev–Trinajstić information content (AvgIpc) is 0.830. The quantitative estimate of drug-likeness (QED) is 0.0224. The Morgan fingerprint density at radius 2 is 0.559 bits per heavy atom. The van der Waals surface area contributed by atoms with Gasteiger partial charge in [-0.3, -0.25) is 47.9 Å². The second kappa shape index (κ2) is 54.9. The summed E-state index contributed by atoms with van der Waals surface area (Å²) in [5.41, 5.74) is 0. The van der Waals surface area contributed by atoms with E-state index in [2.05, 4.69) is 10.6 Å². The van der Waals surface area contributed by atoms with Crippen molar-refractivity contribution < 1.29 is 125 Å². The molecule has 600 valence electrons. The topological polar surface area (TPSA) is 386 Å². The highest BCUT2D eigenvalue weighted by molar-refractivity contribution is 7.99. The molecule has 6 N–H and O–H groups in total. The van der Waals surface area contributed by atoms with Gasteiger partial charge in [0, 0.05) is 72.4 Å². The molecule has 4 fully saturated rings. The number of nitrogens with one attached hydrogen (secondary N) is 2. The lowest BCUT2D eigenvalue weighted by molar-refractivity contribution is -0.411. The van der Waals surface area contributed by atoms with Gasteiger partial charge in [0.05, 0.1) is 111 Å². The number of rotatable bonds is 30. The fourth-order valence-electron chi connectivity index (χ4n) is 9.40. The molecule has 0 bridgehead atoms. The molecule has 0 spiro atoms. The zero-order valence-electron chi connectivity index (χ0n) is 65.9. The number of ketones is 4. The van der Waals surface area contributed by atoms with Gasteiger partial charge in [-0.2, -0.15) is 47.0 Å².